The second-order valence-electron chi connectivity index (χ2n) is 2.63. The molecule has 0 radical (unpaired) electrons. The molecule has 0 aliphatic heterocycles. The van der Waals surface area contributed by atoms with Gasteiger partial charge in [-0.1, -0.05) is 45.3 Å². The third-order valence-corrected chi connectivity index (χ3v) is 2.08. The molecule has 1 aromatic carbocycles. The Labute approximate surface area is 92.7 Å². The van der Waals surface area contributed by atoms with Crippen LogP contribution in [-0.2, 0) is 5.33 Å². The van der Waals surface area contributed by atoms with E-state index in [1.54, 1.807) is 0 Å². The van der Waals surface area contributed by atoms with Crippen LogP contribution in [0.3, 0.4) is 0 Å². The van der Waals surface area contributed by atoms with Crippen molar-refractivity contribution < 1.29 is 0 Å². The van der Waals surface area contributed by atoms with Gasteiger partial charge >= 0.3 is 23.1 Å². The van der Waals surface area contributed by atoms with E-state index in [-0.39, 0.29) is 23.1 Å². The summed E-state index contributed by atoms with van der Waals surface area (Å²) in [6.45, 7) is 4.25. The quantitative estimate of drug-likeness (QED) is 0.508. The molecule has 1 rings (SSSR count). The van der Waals surface area contributed by atoms with Gasteiger partial charge in [-0.2, -0.15) is 0 Å². The molecule has 58 valence electrons. The number of hydrogen-bond donors (Lipinski definition) is 0. The molecular formula is C9H13BrMg. The summed E-state index contributed by atoms with van der Waals surface area (Å²) in [5.41, 5.74) is 4.04. The molecular weight excluding hydrogens is 212 g/mol. The van der Waals surface area contributed by atoms with E-state index < -0.39 is 0 Å². The minimum Gasteiger partial charge on any atom is -0.0876 e. The maximum atomic E-state index is 3.43. The molecule has 0 aliphatic carbocycles. The average Bonchev–Trinajstić information content (AvgIpc) is 1.85. The predicted octanol–water partition coefficient (Wildman–Crippen LogP) is 2.28. The molecule has 0 unspecified atom stereocenters. The number of rotatable bonds is 1. The fourth-order valence-electron chi connectivity index (χ4n) is 1.15. The molecule has 0 amide bonds. The monoisotopic (exact) mass is 224 g/mol. The molecule has 0 aliphatic rings. The molecule has 0 atom stereocenters. The molecule has 0 aromatic heterocycles. The van der Waals surface area contributed by atoms with Gasteiger partial charge in [-0.05, 0) is 19.4 Å². The topological polar surface area (TPSA) is 0 Å². The van der Waals surface area contributed by atoms with Crippen LogP contribution < -0.4 is 0 Å². The van der Waals surface area contributed by atoms with Crippen LogP contribution >= 0.6 is 15.9 Å². The summed E-state index contributed by atoms with van der Waals surface area (Å²) in [6, 6.07) is 6.58. The van der Waals surface area contributed by atoms with E-state index in [1.165, 1.54) is 16.7 Å². The van der Waals surface area contributed by atoms with Crippen LogP contribution in [-0.4, -0.2) is 23.1 Å². The lowest BCUT2D eigenvalue weighted by atomic mass is 10.1. The van der Waals surface area contributed by atoms with Crippen molar-refractivity contribution in [3.63, 3.8) is 0 Å². The first-order chi connectivity index (χ1) is 4.72. The highest BCUT2D eigenvalue weighted by atomic mass is 79.9. The molecule has 0 nitrogen and oxygen atoms in total. The van der Waals surface area contributed by atoms with Crippen LogP contribution in [0.1, 0.15) is 16.7 Å². The van der Waals surface area contributed by atoms with E-state index in [9.17, 15) is 0 Å². The lowest BCUT2D eigenvalue weighted by molar-refractivity contribution is 1.31. The Morgan fingerprint density at radius 1 is 1.09 bits per heavy atom. The summed E-state index contributed by atoms with van der Waals surface area (Å²) in [4.78, 5) is 0. The molecule has 0 saturated carbocycles. The van der Waals surface area contributed by atoms with Gasteiger partial charge in [-0.25, -0.2) is 0 Å². The summed E-state index contributed by atoms with van der Waals surface area (Å²) in [5.74, 6) is 0. The molecule has 11 heavy (non-hydrogen) atoms. The summed E-state index contributed by atoms with van der Waals surface area (Å²) in [6.07, 6.45) is 0. The number of halogens is 1. The number of aryl methyl sites for hydroxylation is 2. The Morgan fingerprint density at radius 2 is 1.55 bits per heavy atom. The second-order valence-corrected chi connectivity index (χ2v) is 3.19. The Bertz CT molecular complexity index is 213. The van der Waals surface area contributed by atoms with Crippen molar-refractivity contribution in [2.45, 2.75) is 19.2 Å². The van der Waals surface area contributed by atoms with Gasteiger partial charge in [0.2, 0.25) is 0 Å². The standard InChI is InChI=1S/C9H11Br.Mg.2H/c1-7-3-8(2)5-9(4-7)6-10;;;/h3-5H,6H2,1-2H3;;;. The van der Waals surface area contributed by atoms with Gasteiger partial charge in [0.1, 0.15) is 0 Å². The van der Waals surface area contributed by atoms with Crippen molar-refractivity contribution in [2.24, 2.45) is 0 Å². The van der Waals surface area contributed by atoms with Crippen molar-refractivity contribution in [3.05, 3.63) is 34.9 Å². The molecule has 2 heteroatoms. The third-order valence-electron chi connectivity index (χ3n) is 1.44. The summed E-state index contributed by atoms with van der Waals surface area (Å²) >= 11 is 3.43. The van der Waals surface area contributed by atoms with Crippen LogP contribution in [0.15, 0.2) is 18.2 Å². The Hall–Kier alpha value is 0.466. The van der Waals surface area contributed by atoms with Crippen molar-refractivity contribution in [1.82, 2.24) is 0 Å². The van der Waals surface area contributed by atoms with Gasteiger partial charge in [0.05, 0.1) is 0 Å². The predicted molar refractivity (Wildman–Crippen MR) is 57.1 cm³/mol. The second kappa shape index (κ2) is 5.17. The molecule has 1 aromatic rings. The van der Waals surface area contributed by atoms with E-state index in [0.29, 0.717) is 0 Å². The normalized spacial score (nSPS) is 9.00. The molecule has 0 heterocycles. The lowest BCUT2D eigenvalue weighted by Gasteiger charge is -1.99. The Morgan fingerprint density at radius 3 is 1.91 bits per heavy atom. The van der Waals surface area contributed by atoms with E-state index in [4.69, 9.17) is 0 Å². The van der Waals surface area contributed by atoms with Gasteiger partial charge in [0.15, 0.2) is 0 Å². The number of alkyl halides is 1. The smallest absolute Gasteiger partial charge is 0.0876 e. The van der Waals surface area contributed by atoms with E-state index >= 15 is 0 Å². The highest BCUT2D eigenvalue weighted by molar-refractivity contribution is 9.08. The Balaban J connectivity index is 0.000001000. The van der Waals surface area contributed by atoms with E-state index in [2.05, 4.69) is 48.0 Å². The van der Waals surface area contributed by atoms with Gasteiger partial charge in [-0.3, -0.25) is 0 Å². The molecule has 0 fully saturated rings. The highest BCUT2D eigenvalue weighted by Gasteiger charge is 1.91. The maximum Gasteiger partial charge on any atom is 0.316 e. The fraction of sp³-hybridized carbons (Fsp3) is 0.333. The lowest BCUT2D eigenvalue weighted by Crippen LogP contribution is -1.81. The van der Waals surface area contributed by atoms with Gasteiger partial charge in [-0.15, -0.1) is 0 Å². The minimum absolute atomic E-state index is 0. The fourth-order valence-corrected chi connectivity index (χ4v) is 1.47. The summed E-state index contributed by atoms with van der Waals surface area (Å²) in [7, 11) is 0. The van der Waals surface area contributed by atoms with Gasteiger partial charge in [0, 0.05) is 5.33 Å². The zero-order valence-corrected chi connectivity index (χ0v) is 7.90. The van der Waals surface area contributed by atoms with Gasteiger partial charge in [0.25, 0.3) is 0 Å². The first-order valence-electron chi connectivity index (χ1n) is 3.35. The van der Waals surface area contributed by atoms with E-state index in [1.807, 2.05) is 0 Å². The van der Waals surface area contributed by atoms with Crippen LogP contribution in [0.2, 0.25) is 0 Å². The van der Waals surface area contributed by atoms with Crippen LogP contribution in [0.5, 0.6) is 0 Å². The van der Waals surface area contributed by atoms with Crippen molar-refractivity contribution in [1.29, 1.82) is 0 Å². The molecule has 0 saturated heterocycles. The van der Waals surface area contributed by atoms with Gasteiger partial charge < -0.3 is 0 Å². The largest absolute Gasteiger partial charge is 0.316 e. The first-order valence-corrected chi connectivity index (χ1v) is 4.47. The summed E-state index contributed by atoms with van der Waals surface area (Å²) in [5, 5.41) is 0.954. The van der Waals surface area contributed by atoms with Crippen molar-refractivity contribution >= 4 is 39.0 Å². The zero-order chi connectivity index (χ0) is 7.56. The molecule has 0 spiro atoms. The number of hydrogen-bond acceptors (Lipinski definition) is 0. The van der Waals surface area contributed by atoms with E-state index in [0.717, 1.165) is 5.33 Å². The van der Waals surface area contributed by atoms with Crippen LogP contribution in [0.25, 0.3) is 0 Å². The molecule has 0 N–H and O–H groups in total. The van der Waals surface area contributed by atoms with Crippen LogP contribution in [0.4, 0.5) is 0 Å². The summed E-state index contributed by atoms with van der Waals surface area (Å²) < 4.78 is 0. The van der Waals surface area contributed by atoms with Crippen molar-refractivity contribution in [3.8, 4) is 0 Å². The van der Waals surface area contributed by atoms with Crippen molar-refractivity contribution in [2.75, 3.05) is 0 Å². The average molecular weight is 225 g/mol. The SMILES string of the molecule is Cc1cc(C)cc(CBr)c1.[MgH2]. The zero-order valence-electron chi connectivity index (χ0n) is 6.32. The molecule has 0 bridgehead atoms. The van der Waals surface area contributed by atoms with Crippen LogP contribution in [0, 0.1) is 13.8 Å². The third kappa shape index (κ3) is 3.58. The minimum atomic E-state index is 0. The Kier molecular flexibility index (Phi) is 5.39. The highest BCUT2D eigenvalue weighted by Crippen LogP contribution is 2.11. The number of benzene rings is 1. The maximum absolute atomic E-state index is 3.43. The first kappa shape index (κ1) is 11.5.